The molecule has 0 amide bonds. The number of benzene rings is 1. The van der Waals surface area contributed by atoms with Crippen molar-refractivity contribution in [2.24, 2.45) is 0 Å². The molecule has 0 aliphatic rings. The lowest BCUT2D eigenvalue weighted by Crippen LogP contribution is -2.28. The Morgan fingerprint density at radius 2 is 1.92 bits per heavy atom. The van der Waals surface area contributed by atoms with Crippen LogP contribution in [0, 0.1) is 20.8 Å². The molecule has 1 atom stereocenters. The molecular weight excluding hydrogens is 308 g/mol. The number of aryl methyl sites for hydroxylation is 3. The fourth-order valence-electron chi connectivity index (χ4n) is 2.97. The maximum absolute atomic E-state index is 4.49. The molecular formula is C21H26N4. The summed E-state index contributed by atoms with van der Waals surface area (Å²) in [7, 11) is 0. The third-order valence-electron chi connectivity index (χ3n) is 4.77. The van der Waals surface area contributed by atoms with Gasteiger partial charge in [0.2, 0.25) is 0 Å². The predicted molar refractivity (Wildman–Crippen MR) is 102 cm³/mol. The SMILES string of the molecule is Cc1ccc(-c2[nH]ncc2CNC(C)Cc2ncccc2C)cc1C. The van der Waals surface area contributed by atoms with Gasteiger partial charge in [0, 0.05) is 42.0 Å². The number of hydrogen-bond donors (Lipinski definition) is 2. The van der Waals surface area contributed by atoms with Crippen LogP contribution in [-0.4, -0.2) is 21.2 Å². The second kappa shape index (κ2) is 7.62. The minimum atomic E-state index is 0.344. The summed E-state index contributed by atoms with van der Waals surface area (Å²) < 4.78 is 0. The van der Waals surface area contributed by atoms with Crippen LogP contribution >= 0.6 is 0 Å². The zero-order chi connectivity index (χ0) is 17.8. The fourth-order valence-corrected chi connectivity index (χ4v) is 2.97. The van der Waals surface area contributed by atoms with E-state index in [1.165, 1.54) is 27.8 Å². The number of H-pyrrole nitrogens is 1. The first-order valence-corrected chi connectivity index (χ1v) is 8.78. The van der Waals surface area contributed by atoms with Crippen molar-refractivity contribution in [3.05, 3.63) is 70.7 Å². The van der Waals surface area contributed by atoms with Gasteiger partial charge in [-0.3, -0.25) is 10.1 Å². The number of nitrogens with zero attached hydrogens (tertiary/aromatic N) is 2. The first kappa shape index (κ1) is 17.4. The summed E-state index contributed by atoms with van der Waals surface area (Å²) >= 11 is 0. The highest BCUT2D eigenvalue weighted by molar-refractivity contribution is 5.64. The lowest BCUT2D eigenvalue weighted by molar-refractivity contribution is 0.539. The molecule has 2 N–H and O–H groups in total. The number of hydrogen-bond acceptors (Lipinski definition) is 3. The molecule has 2 aromatic heterocycles. The molecule has 1 aromatic carbocycles. The summed E-state index contributed by atoms with van der Waals surface area (Å²) in [6, 6.07) is 11.0. The van der Waals surface area contributed by atoms with Crippen molar-refractivity contribution in [1.29, 1.82) is 0 Å². The molecule has 3 rings (SSSR count). The molecule has 0 spiro atoms. The number of nitrogens with one attached hydrogen (secondary N) is 2. The van der Waals surface area contributed by atoms with Crippen molar-refractivity contribution in [3.8, 4) is 11.3 Å². The molecule has 0 aliphatic carbocycles. The number of aromatic amines is 1. The zero-order valence-corrected chi connectivity index (χ0v) is 15.4. The minimum Gasteiger partial charge on any atom is -0.310 e. The van der Waals surface area contributed by atoms with Gasteiger partial charge in [0.15, 0.2) is 0 Å². The van der Waals surface area contributed by atoms with E-state index in [2.05, 4.69) is 72.5 Å². The van der Waals surface area contributed by atoms with Gasteiger partial charge in [-0.15, -0.1) is 0 Å². The summed E-state index contributed by atoms with van der Waals surface area (Å²) in [5, 5.41) is 11.0. The summed E-state index contributed by atoms with van der Waals surface area (Å²) in [6.07, 6.45) is 4.70. The second-order valence-corrected chi connectivity index (χ2v) is 6.82. The van der Waals surface area contributed by atoms with Crippen LogP contribution in [0.5, 0.6) is 0 Å². The lowest BCUT2D eigenvalue weighted by Gasteiger charge is -2.15. The van der Waals surface area contributed by atoms with Gasteiger partial charge in [0.1, 0.15) is 0 Å². The van der Waals surface area contributed by atoms with Crippen LogP contribution in [0.15, 0.2) is 42.7 Å². The van der Waals surface area contributed by atoms with Crippen molar-refractivity contribution < 1.29 is 0 Å². The van der Waals surface area contributed by atoms with Gasteiger partial charge in [0.05, 0.1) is 11.9 Å². The Morgan fingerprint density at radius 1 is 1.08 bits per heavy atom. The maximum atomic E-state index is 4.49. The van der Waals surface area contributed by atoms with E-state index in [-0.39, 0.29) is 0 Å². The number of rotatable bonds is 6. The lowest BCUT2D eigenvalue weighted by atomic mass is 10.0. The first-order chi connectivity index (χ1) is 12.0. The Morgan fingerprint density at radius 3 is 2.68 bits per heavy atom. The topological polar surface area (TPSA) is 53.6 Å². The Balaban J connectivity index is 1.67. The van der Waals surface area contributed by atoms with E-state index in [9.17, 15) is 0 Å². The summed E-state index contributed by atoms with van der Waals surface area (Å²) in [4.78, 5) is 4.49. The minimum absolute atomic E-state index is 0.344. The number of pyridine rings is 1. The summed E-state index contributed by atoms with van der Waals surface area (Å²) in [5.74, 6) is 0. The van der Waals surface area contributed by atoms with Crippen LogP contribution in [0.4, 0.5) is 0 Å². The van der Waals surface area contributed by atoms with Gasteiger partial charge in [0.25, 0.3) is 0 Å². The third-order valence-corrected chi connectivity index (χ3v) is 4.77. The predicted octanol–water partition coefficient (Wildman–Crippen LogP) is 4.12. The monoisotopic (exact) mass is 334 g/mol. The molecule has 2 heterocycles. The molecule has 0 bridgehead atoms. The van der Waals surface area contributed by atoms with E-state index in [4.69, 9.17) is 0 Å². The Hall–Kier alpha value is -2.46. The van der Waals surface area contributed by atoms with Gasteiger partial charge in [-0.25, -0.2) is 0 Å². The third kappa shape index (κ3) is 4.15. The normalized spacial score (nSPS) is 12.3. The molecule has 0 radical (unpaired) electrons. The smallest absolute Gasteiger partial charge is 0.0695 e. The maximum Gasteiger partial charge on any atom is 0.0695 e. The average Bonchev–Trinajstić information content (AvgIpc) is 3.06. The zero-order valence-electron chi connectivity index (χ0n) is 15.4. The van der Waals surface area contributed by atoms with E-state index in [1.54, 1.807) is 0 Å². The molecule has 3 aromatic rings. The van der Waals surface area contributed by atoms with Gasteiger partial charge < -0.3 is 5.32 Å². The highest BCUT2D eigenvalue weighted by atomic mass is 15.1. The molecule has 0 saturated heterocycles. The molecule has 130 valence electrons. The molecule has 0 saturated carbocycles. The van der Waals surface area contributed by atoms with E-state index in [1.807, 2.05) is 18.5 Å². The van der Waals surface area contributed by atoms with Crippen LogP contribution in [-0.2, 0) is 13.0 Å². The fraction of sp³-hybridized carbons (Fsp3) is 0.333. The molecule has 4 nitrogen and oxygen atoms in total. The van der Waals surface area contributed by atoms with Crippen molar-refractivity contribution in [2.75, 3.05) is 0 Å². The van der Waals surface area contributed by atoms with Crippen LogP contribution in [0.25, 0.3) is 11.3 Å². The van der Waals surface area contributed by atoms with Crippen molar-refractivity contribution in [1.82, 2.24) is 20.5 Å². The van der Waals surface area contributed by atoms with Crippen LogP contribution < -0.4 is 5.32 Å². The quantitative estimate of drug-likeness (QED) is 0.713. The Labute approximate surface area is 149 Å². The molecule has 0 fully saturated rings. The van der Waals surface area contributed by atoms with Gasteiger partial charge >= 0.3 is 0 Å². The van der Waals surface area contributed by atoms with Gasteiger partial charge in [-0.05, 0) is 56.5 Å². The average molecular weight is 334 g/mol. The van der Waals surface area contributed by atoms with Gasteiger partial charge in [-0.1, -0.05) is 18.2 Å². The van der Waals surface area contributed by atoms with E-state index in [0.717, 1.165) is 24.4 Å². The molecule has 25 heavy (non-hydrogen) atoms. The van der Waals surface area contributed by atoms with Crippen LogP contribution in [0.1, 0.15) is 34.9 Å². The van der Waals surface area contributed by atoms with Gasteiger partial charge in [-0.2, -0.15) is 5.10 Å². The highest BCUT2D eigenvalue weighted by Gasteiger charge is 2.11. The molecule has 4 heteroatoms. The standard InChI is InChI=1S/C21H26N4/c1-14-7-8-18(10-16(14)3)21-19(13-24-25-21)12-23-17(4)11-20-15(2)6-5-9-22-20/h5-10,13,17,23H,11-12H2,1-4H3,(H,24,25). The Bertz CT molecular complexity index is 851. The van der Waals surface area contributed by atoms with Crippen molar-refractivity contribution >= 4 is 0 Å². The highest BCUT2D eigenvalue weighted by Crippen LogP contribution is 2.23. The van der Waals surface area contributed by atoms with E-state index < -0.39 is 0 Å². The van der Waals surface area contributed by atoms with Crippen molar-refractivity contribution in [3.63, 3.8) is 0 Å². The molecule has 0 aliphatic heterocycles. The first-order valence-electron chi connectivity index (χ1n) is 8.78. The molecule has 1 unspecified atom stereocenters. The van der Waals surface area contributed by atoms with Crippen LogP contribution in [0.3, 0.4) is 0 Å². The Kier molecular flexibility index (Phi) is 5.29. The van der Waals surface area contributed by atoms with Crippen LogP contribution in [0.2, 0.25) is 0 Å². The van der Waals surface area contributed by atoms with E-state index >= 15 is 0 Å². The summed E-state index contributed by atoms with van der Waals surface area (Å²) in [6.45, 7) is 9.37. The second-order valence-electron chi connectivity index (χ2n) is 6.82. The van der Waals surface area contributed by atoms with E-state index in [0.29, 0.717) is 6.04 Å². The number of aromatic nitrogens is 3. The largest absolute Gasteiger partial charge is 0.310 e. The summed E-state index contributed by atoms with van der Waals surface area (Å²) in [5.41, 5.74) is 8.47. The van der Waals surface area contributed by atoms with Crippen molar-refractivity contribution in [2.45, 2.75) is 46.7 Å².